The first-order valence-corrected chi connectivity index (χ1v) is 13.2. The molecule has 0 bridgehead atoms. The first-order chi connectivity index (χ1) is 19.1. The number of amides is 2. The lowest BCUT2D eigenvalue weighted by molar-refractivity contribution is -0.142. The SMILES string of the molecule is CCOC(=O)Cc1ccc(OC)c(-c2ccc(C(F)(F)F)cc2CN(CC)C(=O)NCc2cccc(CC)c2)c1. The predicted octanol–water partition coefficient (Wildman–Crippen LogP) is 6.78. The molecule has 0 unspecified atom stereocenters. The maximum absolute atomic E-state index is 13.7. The lowest BCUT2D eigenvalue weighted by Crippen LogP contribution is -2.39. The van der Waals surface area contributed by atoms with E-state index in [1.54, 1.807) is 32.0 Å². The Morgan fingerprint density at radius 3 is 2.30 bits per heavy atom. The third kappa shape index (κ3) is 8.00. The van der Waals surface area contributed by atoms with E-state index >= 15 is 0 Å². The number of aryl methyl sites for hydroxylation is 1. The van der Waals surface area contributed by atoms with Crippen molar-refractivity contribution in [3.63, 3.8) is 0 Å². The molecule has 0 heterocycles. The molecule has 3 aromatic carbocycles. The molecule has 6 nitrogen and oxygen atoms in total. The first kappa shape index (κ1) is 30.5. The monoisotopic (exact) mass is 556 g/mol. The van der Waals surface area contributed by atoms with Gasteiger partial charge in [-0.15, -0.1) is 0 Å². The minimum atomic E-state index is -4.56. The highest BCUT2D eigenvalue weighted by Gasteiger charge is 2.31. The molecule has 9 heteroatoms. The van der Waals surface area contributed by atoms with E-state index in [0.29, 0.717) is 34.5 Å². The molecule has 1 N–H and O–H groups in total. The van der Waals surface area contributed by atoms with Gasteiger partial charge in [0.15, 0.2) is 0 Å². The number of nitrogens with one attached hydrogen (secondary N) is 1. The van der Waals surface area contributed by atoms with Gasteiger partial charge in [-0.25, -0.2) is 4.79 Å². The Bertz CT molecular complexity index is 1320. The van der Waals surface area contributed by atoms with E-state index in [4.69, 9.17) is 9.47 Å². The number of carbonyl (C=O) groups is 2. The topological polar surface area (TPSA) is 67.9 Å². The summed E-state index contributed by atoms with van der Waals surface area (Å²) < 4.78 is 51.7. The molecule has 0 spiro atoms. The standard InChI is InChI=1S/C31H35F3N2O4/c1-5-21-9-8-10-23(15-21)19-35-30(38)36(6-2)20-24-18-25(31(32,33)34)12-13-26(24)27-16-22(11-14-28(27)39-4)17-29(37)40-7-3/h8-16,18H,5-7,17,19-20H2,1-4H3,(H,35,38). The van der Waals surface area contributed by atoms with Crippen molar-refractivity contribution in [1.29, 1.82) is 0 Å². The van der Waals surface area contributed by atoms with Crippen LogP contribution in [-0.2, 0) is 41.6 Å². The van der Waals surface area contributed by atoms with Crippen molar-refractivity contribution in [2.75, 3.05) is 20.3 Å². The van der Waals surface area contributed by atoms with Crippen LogP contribution < -0.4 is 10.1 Å². The fraction of sp³-hybridized carbons (Fsp3) is 0.355. The van der Waals surface area contributed by atoms with Crippen LogP contribution in [0.1, 0.15) is 48.6 Å². The van der Waals surface area contributed by atoms with Crippen LogP contribution >= 0.6 is 0 Å². The minimum absolute atomic E-state index is 0.00350. The van der Waals surface area contributed by atoms with Gasteiger partial charge in [-0.1, -0.05) is 43.3 Å². The van der Waals surface area contributed by atoms with E-state index in [2.05, 4.69) is 5.32 Å². The molecule has 0 aromatic heterocycles. The third-order valence-electron chi connectivity index (χ3n) is 6.51. The fourth-order valence-corrected chi connectivity index (χ4v) is 4.40. The van der Waals surface area contributed by atoms with Gasteiger partial charge in [0.05, 0.1) is 25.7 Å². The summed E-state index contributed by atoms with van der Waals surface area (Å²) in [7, 11) is 1.47. The maximum Gasteiger partial charge on any atom is 0.416 e. The number of urea groups is 1. The number of ether oxygens (including phenoxy) is 2. The third-order valence-corrected chi connectivity index (χ3v) is 6.51. The van der Waals surface area contributed by atoms with Crippen LogP contribution in [0.3, 0.4) is 0 Å². The Morgan fingerprint density at radius 1 is 0.900 bits per heavy atom. The summed E-state index contributed by atoms with van der Waals surface area (Å²) in [6, 6.07) is 16.0. The number of methoxy groups -OCH3 is 1. The zero-order chi connectivity index (χ0) is 29.3. The molecule has 0 saturated carbocycles. The summed E-state index contributed by atoms with van der Waals surface area (Å²) in [5, 5.41) is 2.88. The van der Waals surface area contributed by atoms with Crippen LogP contribution in [0.25, 0.3) is 11.1 Å². The normalized spacial score (nSPS) is 11.2. The Hall–Kier alpha value is -4.01. The number of alkyl halides is 3. The molecule has 0 radical (unpaired) electrons. The minimum Gasteiger partial charge on any atom is -0.496 e. The van der Waals surface area contributed by atoms with Crippen molar-refractivity contribution in [3.05, 3.63) is 88.5 Å². The highest BCUT2D eigenvalue weighted by Crippen LogP contribution is 2.38. The van der Waals surface area contributed by atoms with Crippen LogP contribution in [0.15, 0.2) is 60.7 Å². The Kier molecular flexibility index (Phi) is 10.6. The molecule has 0 saturated heterocycles. The number of carbonyl (C=O) groups excluding carboxylic acids is 2. The number of hydrogen-bond donors (Lipinski definition) is 1. The van der Waals surface area contributed by atoms with E-state index in [9.17, 15) is 22.8 Å². The molecular formula is C31H35F3N2O4. The summed E-state index contributed by atoms with van der Waals surface area (Å²) in [5.74, 6) is 0.0153. The van der Waals surface area contributed by atoms with Crippen LogP contribution in [0.5, 0.6) is 5.75 Å². The zero-order valence-corrected chi connectivity index (χ0v) is 23.2. The Morgan fingerprint density at radius 2 is 1.65 bits per heavy atom. The second-order valence-electron chi connectivity index (χ2n) is 9.23. The molecule has 2 amide bonds. The molecular weight excluding hydrogens is 521 g/mol. The van der Waals surface area contributed by atoms with Crippen LogP contribution in [-0.4, -0.2) is 37.2 Å². The number of hydrogen-bond acceptors (Lipinski definition) is 4. The lowest BCUT2D eigenvalue weighted by Gasteiger charge is -2.24. The zero-order valence-electron chi connectivity index (χ0n) is 23.2. The fourth-order valence-electron chi connectivity index (χ4n) is 4.40. The van der Waals surface area contributed by atoms with E-state index in [0.717, 1.165) is 29.7 Å². The number of halogens is 3. The van der Waals surface area contributed by atoms with Gasteiger partial charge in [0, 0.05) is 25.2 Å². The predicted molar refractivity (Wildman–Crippen MR) is 148 cm³/mol. The van der Waals surface area contributed by atoms with Gasteiger partial charge >= 0.3 is 18.2 Å². The average Bonchev–Trinajstić information content (AvgIpc) is 2.94. The molecule has 0 fully saturated rings. The van der Waals surface area contributed by atoms with Crippen molar-refractivity contribution < 1.29 is 32.2 Å². The van der Waals surface area contributed by atoms with Crippen molar-refractivity contribution in [2.24, 2.45) is 0 Å². The van der Waals surface area contributed by atoms with Gasteiger partial charge in [-0.05, 0) is 72.4 Å². The number of nitrogens with zero attached hydrogens (tertiary/aromatic N) is 1. The molecule has 40 heavy (non-hydrogen) atoms. The first-order valence-electron chi connectivity index (χ1n) is 13.2. The van der Waals surface area contributed by atoms with E-state index < -0.39 is 23.7 Å². The molecule has 0 aliphatic carbocycles. The molecule has 0 aliphatic heterocycles. The molecule has 214 valence electrons. The number of benzene rings is 3. The average molecular weight is 557 g/mol. The molecule has 3 rings (SSSR count). The van der Waals surface area contributed by atoms with Gasteiger partial charge in [0.1, 0.15) is 5.75 Å². The molecule has 0 atom stereocenters. The van der Waals surface area contributed by atoms with Crippen molar-refractivity contribution in [2.45, 2.75) is 52.9 Å². The summed E-state index contributed by atoms with van der Waals surface area (Å²) in [6.45, 7) is 6.27. The van der Waals surface area contributed by atoms with Crippen molar-refractivity contribution in [1.82, 2.24) is 10.2 Å². The Labute approximate surface area is 233 Å². The number of rotatable bonds is 11. The van der Waals surface area contributed by atoms with E-state index in [-0.39, 0.29) is 26.1 Å². The quantitative estimate of drug-likeness (QED) is 0.265. The highest BCUT2D eigenvalue weighted by molar-refractivity contribution is 5.79. The summed E-state index contributed by atoms with van der Waals surface area (Å²) in [6.07, 6.45) is -3.69. The molecule has 3 aromatic rings. The van der Waals surface area contributed by atoms with E-state index in [1.165, 1.54) is 18.1 Å². The second-order valence-corrected chi connectivity index (χ2v) is 9.23. The van der Waals surface area contributed by atoms with Gasteiger partial charge in [-0.3, -0.25) is 4.79 Å². The van der Waals surface area contributed by atoms with Gasteiger partial charge in [-0.2, -0.15) is 13.2 Å². The van der Waals surface area contributed by atoms with Crippen LogP contribution in [0, 0.1) is 0 Å². The summed E-state index contributed by atoms with van der Waals surface area (Å²) in [4.78, 5) is 26.6. The highest BCUT2D eigenvalue weighted by atomic mass is 19.4. The van der Waals surface area contributed by atoms with Gasteiger partial charge in [0.25, 0.3) is 0 Å². The lowest BCUT2D eigenvalue weighted by atomic mass is 9.94. The summed E-state index contributed by atoms with van der Waals surface area (Å²) in [5.41, 5.74) is 3.17. The van der Waals surface area contributed by atoms with E-state index in [1.807, 2.05) is 31.2 Å². The van der Waals surface area contributed by atoms with Crippen molar-refractivity contribution >= 4 is 12.0 Å². The van der Waals surface area contributed by atoms with Crippen LogP contribution in [0.2, 0.25) is 0 Å². The van der Waals surface area contributed by atoms with Gasteiger partial charge in [0.2, 0.25) is 0 Å². The van der Waals surface area contributed by atoms with Gasteiger partial charge < -0.3 is 19.7 Å². The summed E-state index contributed by atoms with van der Waals surface area (Å²) >= 11 is 0. The number of esters is 1. The Balaban J connectivity index is 1.96. The largest absolute Gasteiger partial charge is 0.496 e. The smallest absolute Gasteiger partial charge is 0.416 e. The van der Waals surface area contributed by atoms with Crippen LogP contribution in [0.4, 0.5) is 18.0 Å². The second kappa shape index (κ2) is 13.9. The maximum atomic E-state index is 13.7. The molecule has 0 aliphatic rings. The van der Waals surface area contributed by atoms with Crippen molar-refractivity contribution in [3.8, 4) is 16.9 Å².